The minimum absolute atomic E-state index is 0.0359. The number of nitrogens with one attached hydrogen (secondary N) is 3. The van der Waals surface area contributed by atoms with Crippen LogP contribution < -0.4 is 16.2 Å². The Labute approximate surface area is 145 Å². The maximum Gasteiger partial charge on any atom is 0.337 e. The maximum absolute atomic E-state index is 12.5. The zero-order chi connectivity index (χ0) is 17.4. The van der Waals surface area contributed by atoms with Gasteiger partial charge in [0, 0.05) is 18.2 Å². The van der Waals surface area contributed by atoms with Crippen molar-refractivity contribution in [2.45, 2.75) is 19.0 Å². The molecular weight excluding hydrogens is 320 g/mol. The highest BCUT2D eigenvalue weighted by molar-refractivity contribution is 5.91. The van der Waals surface area contributed by atoms with Crippen LogP contribution in [0, 0.1) is 5.92 Å². The van der Waals surface area contributed by atoms with Crippen LogP contribution in [0.25, 0.3) is 0 Å². The summed E-state index contributed by atoms with van der Waals surface area (Å²) in [5, 5.41) is 7.50. The van der Waals surface area contributed by atoms with Crippen molar-refractivity contribution in [1.29, 1.82) is 0 Å². The third-order valence-corrected chi connectivity index (χ3v) is 4.83. The summed E-state index contributed by atoms with van der Waals surface area (Å²) in [6.45, 7) is 2.56. The fraction of sp³-hybridized carbons (Fsp3) is 0.353. The molecule has 1 saturated heterocycles. The predicted molar refractivity (Wildman–Crippen MR) is 91.2 cm³/mol. The number of anilines is 1. The smallest absolute Gasteiger partial charge is 0.337 e. The van der Waals surface area contributed by atoms with Crippen LogP contribution in [0.4, 0.5) is 5.95 Å². The summed E-state index contributed by atoms with van der Waals surface area (Å²) < 4.78 is 6.82. The van der Waals surface area contributed by atoms with E-state index in [0.717, 1.165) is 11.3 Å². The van der Waals surface area contributed by atoms with Gasteiger partial charge in [-0.15, -0.1) is 0 Å². The molecule has 3 atom stereocenters. The number of esters is 1. The third kappa shape index (κ3) is 2.59. The average Bonchev–Trinajstić information content (AvgIpc) is 3.29. The summed E-state index contributed by atoms with van der Waals surface area (Å²) in [4.78, 5) is 16.8. The Balaban J connectivity index is 1.79. The second-order valence-corrected chi connectivity index (χ2v) is 6.21. The van der Waals surface area contributed by atoms with Crippen LogP contribution in [-0.2, 0) is 9.53 Å². The molecule has 1 aromatic heterocycles. The number of hydrogen-bond donors (Lipinski definition) is 3. The first-order chi connectivity index (χ1) is 12.2. The molecule has 130 valence electrons. The summed E-state index contributed by atoms with van der Waals surface area (Å²) in [5.41, 5.74) is 9.04. The first kappa shape index (κ1) is 15.8. The number of allylic oxidation sites excluding steroid dienone is 1. The molecule has 3 N–H and O–H groups in total. The predicted octanol–water partition coefficient (Wildman–Crippen LogP) is 1.16. The minimum atomic E-state index is -0.352. The number of hydrazine groups is 1. The molecule has 1 fully saturated rings. The number of methoxy groups -OCH3 is 1. The van der Waals surface area contributed by atoms with Gasteiger partial charge in [-0.05, 0) is 12.5 Å². The van der Waals surface area contributed by atoms with Crippen LogP contribution >= 0.6 is 0 Å². The van der Waals surface area contributed by atoms with E-state index in [9.17, 15) is 4.79 Å². The average molecular weight is 340 g/mol. The van der Waals surface area contributed by atoms with Gasteiger partial charge in [-0.25, -0.2) is 14.9 Å². The highest BCUT2D eigenvalue weighted by Gasteiger charge is 2.43. The first-order valence-corrected chi connectivity index (χ1v) is 8.19. The molecule has 0 spiro atoms. The van der Waals surface area contributed by atoms with Gasteiger partial charge in [0.15, 0.2) is 0 Å². The van der Waals surface area contributed by atoms with Gasteiger partial charge < -0.3 is 10.1 Å². The summed E-state index contributed by atoms with van der Waals surface area (Å²) >= 11 is 0. The molecule has 1 aromatic carbocycles. The zero-order valence-electron chi connectivity index (χ0n) is 14.1. The van der Waals surface area contributed by atoms with Crippen molar-refractivity contribution in [3.63, 3.8) is 0 Å². The Morgan fingerprint density at radius 3 is 2.88 bits per heavy atom. The molecule has 0 aliphatic carbocycles. The standard InChI is InChI=1S/C17H20N6O2/c1-10-13(16(24)25-2)15(23-17(21-10)18-9-20-23)12-8-19-22-14(12)11-6-4-3-5-7-11/h3-7,9,12,14-15,19,22H,8H2,1-2H3,(H,18,20,21). The number of carbonyl (C=O) groups is 1. The number of hydrogen-bond acceptors (Lipinski definition) is 7. The van der Waals surface area contributed by atoms with Crippen molar-refractivity contribution < 1.29 is 9.53 Å². The van der Waals surface area contributed by atoms with Crippen molar-refractivity contribution in [2.75, 3.05) is 19.0 Å². The Bertz CT molecular complexity index is 816. The number of nitrogens with zero attached hydrogens (tertiary/aromatic N) is 3. The summed E-state index contributed by atoms with van der Waals surface area (Å²) in [6.07, 6.45) is 1.50. The molecule has 0 bridgehead atoms. The van der Waals surface area contributed by atoms with Crippen LogP contribution in [0.2, 0.25) is 0 Å². The molecule has 25 heavy (non-hydrogen) atoms. The molecule has 2 aliphatic rings. The van der Waals surface area contributed by atoms with Gasteiger partial charge in [-0.2, -0.15) is 10.1 Å². The molecule has 4 rings (SSSR count). The first-order valence-electron chi connectivity index (χ1n) is 8.19. The van der Waals surface area contributed by atoms with E-state index in [4.69, 9.17) is 4.74 Å². The van der Waals surface area contributed by atoms with Crippen molar-refractivity contribution in [3.8, 4) is 0 Å². The lowest BCUT2D eigenvalue weighted by Crippen LogP contribution is -2.36. The van der Waals surface area contributed by atoms with Crippen LogP contribution in [0.1, 0.15) is 24.6 Å². The molecular formula is C17H20N6O2. The number of aromatic nitrogens is 3. The van der Waals surface area contributed by atoms with E-state index < -0.39 is 0 Å². The van der Waals surface area contributed by atoms with E-state index in [1.807, 2.05) is 25.1 Å². The zero-order valence-corrected chi connectivity index (χ0v) is 14.1. The van der Waals surface area contributed by atoms with Gasteiger partial charge in [0.2, 0.25) is 5.95 Å². The van der Waals surface area contributed by atoms with Gasteiger partial charge in [0.25, 0.3) is 0 Å². The number of ether oxygens (including phenoxy) is 1. The molecule has 8 heteroatoms. The van der Waals surface area contributed by atoms with E-state index in [-0.39, 0.29) is 24.0 Å². The Morgan fingerprint density at radius 2 is 2.12 bits per heavy atom. The summed E-state index contributed by atoms with van der Waals surface area (Å²) in [7, 11) is 1.40. The molecule has 2 aromatic rings. The van der Waals surface area contributed by atoms with Crippen LogP contribution in [0.15, 0.2) is 47.9 Å². The van der Waals surface area contributed by atoms with Crippen molar-refractivity contribution in [1.82, 2.24) is 25.6 Å². The van der Waals surface area contributed by atoms with Gasteiger partial charge in [-0.1, -0.05) is 30.3 Å². The van der Waals surface area contributed by atoms with Crippen LogP contribution in [-0.4, -0.2) is 34.4 Å². The highest BCUT2D eigenvalue weighted by Crippen LogP contribution is 2.41. The van der Waals surface area contributed by atoms with E-state index >= 15 is 0 Å². The van der Waals surface area contributed by atoms with Crippen LogP contribution in [0.5, 0.6) is 0 Å². The van der Waals surface area contributed by atoms with Gasteiger partial charge in [-0.3, -0.25) is 5.43 Å². The minimum Gasteiger partial charge on any atom is -0.466 e. The number of rotatable bonds is 3. The maximum atomic E-state index is 12.5. The third-order valence-electron chi connectivity index (χ3n) is 4.83. The molecule has 2 aliphatic heterocycles. The lowest BCUT2D eigenvalue weighted by molar-refractivity contribution is -0.137. The lowest BCUT2D eigenvalue weighted by atomic mass is 9.83. The van der Waals surface area contributed by atoms with Crippen molar-refractivity contribution in [2.24, 2.45) is 5.92 Å². The van der Waals surface area contributed by atoms with Gasteiger partial charge in [0.1, 0.15) is 6.33 Å². The Morgan fingerprint density at radius 1 is 1.32 bits per heavy atom. The number of fused-ring (bicyclic) bond motifs is 1. The molecule has 3 unspecified atom stereocenters. The van der Waals surface area contributed by atoms with Crippen LogP contribution in [0.3, 0.4) is 0 Å². The Kier molecular flexibility index (Phi) is 3.98. The molecule has 3 heterocycles. The lowest BCUT2D eigenvalue weighted by Gasteiger charge is -2.33. The van der Waals surface area contributed by atoms with E-state index in [0.29, 0.717) is 18.1 Å². The van der Waals surface area contributed by atoms with Gasteiger partial charge >= 0.3 is 5.97 Å². The second kappa shape index (κ2) is 6.30. The molecule has 0 amide bonds. The fourth-order valence-corrected chi connectivity index (χ4v) is 3.70. The second-order valence-electron chi connectivity index (χ2n) is 6.21. The summed E-state index contributed by atoms with van der Waals surface area (Å²) in [6, 6.07) is 9.93. The molecule has 8 nitrogen and oxygen atoms in total. The van der Waals surface area contributed by atoms with E-state index in [2.05, 4.69) is 38.4 Å². The van der Waals surface area contributed by atoms with Gasteiger partial charge in [0.05, 0.1) is 24.8 Å². The SMILES string of the molecule is COC(=O)C1=C(C)Nc2ncnn2C1C1CNNC1c1ccccc1. The molecule has 0 saturated carbocycles. The number of carbonyl (C=O) groups excluding carboxylic acids is 1. The fourth-order valence-electron chi connectivity index (χ4n) is 3.70. The quantitative estimate of drug-likeness (QED) is 0.722. The summed E-state index contributed by atoms with van der Waals surface area (Å²) in [5.74, 6) is 0.345. The van der Waals surface area contributed by atoms with Crippen molar-refractivity contribution in [3.05, 3.63) is 53.5 Å². The molecule has 0 radical (unpaired) electrons. The Hall–Kier alpha value is -2.71. The topological polar surface area (TPSA) is 93.1 Å². The largest absolute Gasteiger partial charge is 0.466 e. The van der Waals surface area contributed by atoms with E-state index in [1.165, 1.54) is 13.4 Å². The normalized spacial score (nSPS) is 25.4. The van der Waals surface area contributed by atoms with E-state index in [1.54, 1.807) is 4.68 Å². The number of benzene rings is 1. The monoisotopic (exact) mass is 340 g/mol. The van der Waals surface area contributed by atoms with Crippen molar-refractivity contribution >= 4 is 11.9 Å². The highest BCUT2D eigenvalue weighted by atomic mass is 16.5.